The molecule has 1 unspecified atom stereocenters. The third-order valence-electron chi connectivity index (χ3n) is 4.73. The summed E-state index contributed by atoms with van der Waals surface area (Å²) in [6, 6.07) is -1.71. The highest BCUT2D eigenvalue weighted by atomic mass is 16.4. The van der Waals surface area contributed by atoms with Crippen LogP contribution in [0.15, 0.2) is 0 Å². The maximum atomic E-state index is 12.6. The quantitative estimate of drug-likeness (QED) is 0.565. The average Bonchev–Trinajstić information content (AvgIpc) is 2.72. The topological polar surface area (TPSA) is 90.0 Å². The van der Waals surface area contributed by atoms with E-state index in [2.05, 4.69) is 17.1 Å². The van der Waals surface area contributed by atoms with Gasteiger partial charge in [0.05, 0.1) is 0 Å². The Hall–Kier alpha value is -1.63. The molecular formula is C15H25N3O4. The van der Waals surface area contributed by atoms with E-state index in [1.165, 1.54) is 19.8 Å². The molecule has 2 heterocycles. The van der Waals surface area contributed by atoms with Gasteiger partial charge in [-0.1, -0.05) is 19.8 Å². The van der Waals surface area contributed by atoms with Gasteiger partial charge in [0.1, 0.15) is 11.6 Å². The molecule has 0 aromatic carbocycles. The van der Waals surface area contributed by atoms with Crippen molar-refractivity contribution in [3.63, 3.8) is 0 Å². The molecule has 7 nitrogen and oxygen atoms in total. The van der Waals surface area contributed by atoms with Crippen LogP contribution in [0.2, 0.25) is 0 Å². The van der Waals surface area contributed by atoms with Crippen LogP contribution < -0.4 is 5.32 Å². The Morgan fingerprint density at radius 2 is 1.95 bits per heavy atom. The number of hydrogen-bond donors (Lipinski definition) is 2. The van der Waals surface area contributed by atoms with Crippen molar-refractivity contribution in [2.24, 2.45) is 0 Å². The van der Waals surface area contributed by atoms with Crippen LogP contribution in [0.25, 0.3) is 0 Å². The number of imide groups is 1. The number of carbonyl (C=O) groups excluding carboxylic acids is 2. The van der Waals surface area contributed by atoms with Crippen LogP contribution in [-0.2, 0) is 9.59 Å². The molecule has 1 spiro atoms. The number of piperidine rings is 1. The van der Waals surface area contributed by atoms with Gasteiger partial charge in [-0.2, -0.15) is 0 Å². The van der Waals surface area contributed by atoms with Gasteiger partial charge in [0.2, 0.25) is 0 Å². The minimum absolute atomic E-state index is 0.388. The number of carboxylic acids is 1. The fourth-order valence-corrected chi connectivity index (χ4v) is 3.19. The second-order valence-corrected chi connectivity index (χ2v) is 6.25. The maximum absolute atomic E-state index is 12.6. The zero-order chi connectivity index (χ0) is 16.3. The van der Waals surface area contributed by atoms with E-state index in [1.807, 2.05) is 0 Å². The van der Waals surface area contributed by atoms with Crippen molar-refractivity contribution < 1.29 is 19.5 Å². The Balaban J connectivity index is 1.98. The smallest absolute Gasteiger partial charge is 0.326 e. The zero-order valence-corrected chi connectivity index (χ0v) is 13.3. The molecule has 2 rings (SSSR count). The van der Waals surface area contributed by atoms with E-state index in [4.69, 9.17) is 5.11 Å². The lowest BCUT2D eigenvalue weighted by molar-refractivity contribution is -0.147. The predicted molar refractivity (Wildman–Crippen MR) is 80.4 cm³/mol. The fraction of sp³-hybridized carbons (Fsp3) is 0.800. The van der Waals surface area contributed by atoms with Crippen molar-refractivity contribution in [1.29, 1.82) is 0 Å². The van der Waals surface area contributed by atoms with E-state index >= 15 is 0 Å². The van der Waals surface area contributed by atoms with E-state index in [-0.39, 0.29) is 5.91 Å². The summed E-state index contributed by atoms with van der Waals surface area (Å²) in [4.78, 5) is 38.8. The Kier molecular flexibility index (Phi) is 5.05. The lowest BCUT2D eigenvalue weighted by atomic mass is 9.87. The first-order chi connectivity index (χ1) is 10.4. The van der Waals surface area contributed by atoms with Gasteiger partial charge in [0.15, 0.2) is 0 Å². The van der Waals surface area contributed by atoms with E-state index in [9.17, 15) is 14.4 Å². The van der Waals surface area contributed by atoms with Gasteiger partial charge in [-0.3, -0.25) is 4.79 Å². The summed E-state index contributed by atoms with van der Waals surface area (Å²) in [5, 5.41) is 11.8. The van der Waals surface area contributed by atoms with Crippen LogP contribution >= 0.6 is 0 Å². The molecule has 2 aliphatic rings. The van der Waals surface area contributed by atoms with Gasteiger partial charge in [-0.15, -0.1) is 0 Å². The highest BCUT2D eigenvalue weighted by molar-refractivity contribution is 6.09. The van der Waals surface area contributed by atoms with Gasteiger partial charge in [0.25, 0.3) is 5.91 Å². The molecule has 22 heavy (non-hydrogen) atoms. The first kappa shape index (κ1) is 16.7. The third kappa shape index (κ3) is 3.09. The lowest BCUT2D eigenvalue weighted by Crippen LogP contribution is -2.55. The van der Waals surface area contributed by atoms with Gasteiger partial charge >= 0.3 is 12.0 Å². The number of nitrogens with zero attached hydrogens (tertiary/aromatic N) is 2. The molecule has 3 amide bonds. The molecule has 7 heteroatoms. The Bertz CT molecular complexity index is 458. The lowest BCUT2D eigenvalue weighted by Gasteiger charge is -2.37. The highest BCUT2D eigenvalue weighted by Gasteiger charge is 2.54. The third-order valence-corrected chi connectivity index (χ3v) is 4.73. The number of carbonyl (C=O) groups is 3. The summed E-state index contributed by atoms with van der Waals surface area (Å²) in [5.74, 6) is -1.56. The Morgan fingerprint density at radius 1 is 1.32 bits per heavy atom. The number of rotatable bonds is 6. The van der Waals surface area contributed by atoms with E-state index in [0.717, 1.165) is 31.0 Å². The number of likely N-dealkylation sites (tertiary alicyclic amines) is 1. The molecule has 1 atom stereocenters. The number of nitrogens with one attached hydrogen (secondary N) is 1. The maximum Gasteiger partial charge on any atom is 0.326 e. The van der Waals surface area contributed by atoms with E-state index < -0.39 is 23.6 Å². The Labute approximate surface area is 130 Å². The van der Waals surface area contributed by atoms with Crippen LogP contribution in [0.5, 0.6) is 0 Å². The van der Waals surface area contributed by atoms with Gasteiger partial charge in [-0.25, -0.2) is 14.5 Å². The minimum atomic E-state index is -1.17. The molecule has 0 aromatic rings. The average molecular weight is 311 g/mol. The largest absolute Gasteiger partial charge is 0.480 e. The van der Waals surface area contributed by atoms with Crippen molar-refractivity contribution in [3.8, 4) is 0 Å². The monoisotopic (exact) mass is 311 g/mol. The van der Waals surface area contributed by atoms with Gasteiger partial charge in [0, 0.05) is 13.1 Å². The van der Waals surface area contributed by atoms with Gasteiger partial charge < -0.3 is 15.3 Å². The second kappa shape index (κ2) is 6.64. The molecule has 2 fully saturated rings. The van der Waals surface area contributed by atoms with Gasteiger partial charge in [-0.05, 0) is 32.7 Å². The molecule has 2 N–H and O–H groups in total. The number of aliphatic carboxylic acids is 1. The molecule has 2 aliphatic heterocycles. The van der Waals surface area contributed by atoms with Crippen molar-refractivity contribution in [2.45, 2.75) is 57.5 Å². The summed E-state index contributed by atoms with van der Waals surface area (Å²) in [7, 11) is 0. The summed E-state index contributed by atoms with van der Waals surface area (Å²) < 4.78 is 0. The first-order valence-corrected chi connectivity index (χ1v) is 8.02. The number of amides is 3. The minimum Gasteiger partial charge on any atom is -0.480 e. The van der Waals surface area contributed by atoms with Crippen LogP contribution in [0, 0.1) is 0 Å². The van der Waals surface area contributed by atoms with Crippen LogP contribution in [0.1, 0.15) is 46.0 Å². The Morgan fingerprint density at radius 3 is 2.50 bits per heavy atom. The van der Waals surface area contributed by atoms with Crippen molar-refractivity contribution >= 4 is 17.9 Å². The summed E-state index contributed by atoms with van der Waals surface area (Å²) in [5.41, 5.74) is -0.901. The van der Waals surface area contributed by atoms with E-state index in [1.54, 1.807) is 0 Å². The molecule has 0 aromatic heterocycles. The molecule has 2 saturated heterocycles. The highest BCUT2D eigenvalue weighted by Crippen LogP contribution is 2.30. The number of hydrogen-bond acceptors (Lipinski definition) is 4. The fourth-order valence-electron chi connectivity index (χ4n) is 3.19. The van der Waals surface area contributed by atoms with Crippen LogP contribution in [0.3, 0.4) is 0 Å². The second-order valence-electron chi connectivity index (χ2n) is 6.25. The van der Waals surface area contributed by atoms with E-state index in [0.29, 0.717) is 12.8 Å². The van der Waals surface area contributed by atoms with Crippen LogP contribution in [0.4, 0.5) is 4.79 Å². The summed E-state index contributed by atoms with van der Waals surface area (Å²) in [6.07, 6.45) is 4.61. The summed E-state index contributed by atoms with van der Waals surface area (Å²) in [6.45, 7) is 6.05. The summed E-state index contributed by atoms with van der Waals surface area (Å²) >= 11 is 0. The molecule has 124 valence electrons. The molecule has 0 radical (unpaired) electrons. The normalized spacial score (nSPS) is 22.9. The number of unbranched alkanes of at least 4 members (excludes halogenated alkanes) is 2. The first-order valence-electron chi connectivity index (χ1n) is 8.02. The standard InChI is InChI=1S/C15H25N3O4/c1-3-4-5-8-17-9-6-15(7-10-17)13(21)18(14(22)16-15)11(2)12(19)20/h11H,3-10H2,1-2H3,(H,16,22)(H,19,20). The van der Waals surface area contributed by atoms with Crippen molar-refractivity contribution in [3.05, 3.63) is 0 Å². The number of carboxylic acid groups (broad SMARTS) is 1. The number of urea groups is 1. The SMILES string of the molecule is CCCCCN1CCC2(CC1)NC(=O)N(C(C)C(=O)O)C2=O. The predicted octanol–water partition coefficient (Wildman–Crippen LogP) is 1.04. The van der Waals surface area contributed by atoms with Crippen molar-refractivity contribution in [1.82, 2.24) is 15.1 Å². The molecule has 0 aliphatic carbocycles. The van der Waals surface area contributed by atoms with Crippen molar-refractivity contribution in [2.75, 3.05) is 19.6 Å². The zero-order valence-electron chi connectivity index (χ0n) is 13.3. The molecule has 0 saturated carbocycles. The van der Waals surface area contributed by atoms with Crippen LogP contribution in [-0.4, -0.2) is 64.0 Å². The molecular weight excluding hydrogens is 286 g/mol. The molecule has 0 bridgehead atoms.